The third kappa shape index (κ3) is 6.95. The van der Waals surface area contributed by atoms with Gasteiger partial charge in [-0.1, -0.05) is 48.9 Å². The number of rotatable bonds is 15. The molecule has 8 nitrogen and oxygen atoms in total. The van der Waals surface area contributed by atoms with E-state index in [4.69, 9.17) is 4.74 Å². The molecule has 0 aliphatic carbocycles. The Kier molecular flexibility index (Phi) is 11.5. The Labute approximate surface area is 288 Å². The highest BCUT2D eigenvalue weighted by atomic mass is 79.9. The number of carbonyl (C=O) groups is 3. The first-order valence-electron chi connectivity index (χ1n) is 16.5. The highest BCUT2D eigenvalue weighted by Crippen LogP contribution is 2.68. The van der Waals surface area contributed by atoms with Crippen molar-refractivity contribution < 1.29 is 24.2 Å². The molecule has 3 saturated heterocycles. The molecule has 3 amide bonds. The minimum absolute atomic E-state index is 0.0103. The van der Waals surface area contributed by atoms with Crippen LogP contribution in [0.3, 0.4) is 0 Å². The number of benzene rings is 1. The zero-order valence-corrected chi connectivity index (χ0v) is 30.7. The number of aliphatic hydroxyl groups is 1. The number of amides is 3. The number of hydrogen-bond acceptors (Lipinski definition) is 6. The lowest BCUT2D eigenvalue weighted by Crippen LogP contribution is -2.60. The maximum Gasteiger partial charge on any atom is 0.247 e. The van der Waals surface area contributed by atoms with E-state index in [0.29, 0.717) is 44.6 Å². The number of halogens is 1. The van der Waals surface area contributed by atoms with E-state index in [9.17, 15) is 19.5 Å². The molecule has 0 radical (unpaired) electrons. The van der Waals surface area contributed by atoms with Crippen LogP contribution >= 0.6 is 27.7 Å². The second kappa shape index (κ2) is 14.4. The number of anilines is 1. The highest BCUT2D eigenvalue weighted by Gasteiger charge is 2.76. The summed E-state index contributed by atoms with van der Waals surface area (Å²) in [5, 5.41) is 9.40. The maximum atomic E-state index is 15.0. The van der Waals surface area contributed by atoms with Crippen LogP contribution in [0.5, 0.6) is 5.75 Å². The lowest BCUT2D eigenvalue weighted by Gasteiger charge is -2.46. The molecule has 10 heteroatoms. The molecule has 3 heterocycles. The number of fused-ring (bicyclic) bond motifs is 1. The first-order chi connectivity index (χ1) is 21.7. The molecule has 2 bridgehead atoms. The van der Waals surface area contributed by atoms with Crippen LogP contribution in [0.25, 0.3) is 0 Å². The molecule has 0 aromatic heterocycles. The van der Waals surface area contributed by atoms with Crippen molar-refractivity contribution in [1.82, 2.24) is 9.80 Å². The number of ether oxygens (including phenoxy) is 1. The SMILES string of the molecule is C=CCN(C(=O)[C@H]1[C@@H]2SC3(CC2Br)C(C(=O)N(CC=C)C(C)(C)CC(C)(C)C)N(CCCCO)C(=O)[C@H]13)c1ccc(OCC)cc1. The Morgan fingerprint density at radius 3 is 2.33 bits per heavy atom. The molecule has 3 aliphatic heterocycles. The number of aliphatic hydroxyl groups excluding tert-OH is 1. The number of thioether (sulfide) groups is 1. The molecule has 0 saturated carbocycles. The summed E-state index contributed by atoms with van der Waals surface area (Å²) in [7, 11) is 0. The minimum atomic E-state index is -0.761. The molecule has 4 rings (SSSR count). The first kappa shape index (κ1) is 36.5. The van der Waals surface area contributed by atoms with E-state index in [1.54, 1.807) is 33.7 Å². The van der Waals surface area contributed by atoms with Gasteiger partial charge >= 0.3 is 0 Å². The monoisotopic (exact) mass is 717 g/mol. The van der Waals surface area contributed by atoms with Crippen molar-refractivity contribution in [2.24, 2.45) is 17.3 Å². The van der Waals surface area contributed by atoms with Crippen LogP contribution < -0.4 is 9.64 Å². The fourth-order valence-corrected chi connectivity index (χ4v) is 11.8. The van der Waals surface area contributed by atoms with Gasteiger partial charge in [0.2, 0.25) is 17.7 Å². The zero-order valence-electron chi connectivity index (χ0n) is 28.3. The van der Waals surface area contributed by atoms with Crippen molar-refractivity contribution in [3.8, 4) is 5.75 Å². The molecule has 1 aromatic carbocycles. The summed E-state index contributed by atoms with van der Waals surface area (Å²) >= 11 is 5.55. The van der Waals surface area contributed by atoms with Gasteiger partial charge in [0.05, 0.1) is 23.2 Å². The fourth-order valence-electron chi connectivity index (χ4n) is 8.15. The van der Waals surface area contributed by atoms with Crippen LogP contribution in [0, 0.1) is 17.3 Å². The first-order valence-corrected chi connectivity index (χ1v) is 18.3. The summed E-state index contributed by atoms with van der Waals surface area (Å²) in [6, 6.07) is 6.69. The normalized spacial score (nSPS) is 27.0. The summed E-state index contributed by atoms with van der Waals surface area (Å²) in [5.74, 6) is -0.901. The van der Waals surface area contributed by atoms with Crippen LogP contribution in [-0.4, -0.2) is 91.9 Å². The number of alkyl halides is 1. The van der Waals surface area contributed by atoms with Gasteiger partial charge < -0.3 is 24.5 Å². The van der Waals surface area contributed by atoms with Crippen molar-refractivity contribution >= 4 is 51.1 Å². The Balaban J connectivity index is 1.78. The average molecular weight is 719 g/mol. The zero-order chi connectivity index (χ0) is 34.0. The van der Waals surface area contributed by atoms with Gasteiger partial charge in [-0.3, -0.25) is 14.4 Å². The summed E-state index contributed by atoms with van der Waals surface area (Å²) in [4.78, 5) is 49.6. The second-order valence-corrected chi connectivity index (χ2v) is 17.3. The van der Waals surface area contributed by atoms with Gasteiger partial charge in [0, 0.05) is 47.5 Å². The van der Waals surface area contributed by atoms with Gasteiger partial charge in [0.1, 0.15) is 11.8 Å². The predicted octanol–water partition coefficient (Wildman–Crippen LogP) is 6.07. The third-order valence-electron chi connectivity index (χ3n) is 9.42. The highest BCUT2D eigenvalue weighted by molar-refractivity contribution is 9.09. The summed E-state index contributed by atoms with van der Waals surface area (Å²) < 4.78 is 4.86. The van der Waals surface area contributed by atoms with E-state index < -0.39 is 28.2 Å². The Bertz CT molecular complexity index is 1300. The molecule has 254 valence electrons. The van der Waals surface area contributed by atoms with Crippen molar-refractivity contribution in [3.63, 3.8) is 0 Å². The average Bonchev–Trinajstić information content (AvgIpc) is 3.57. The van der Waals surface area contributed by atoms with E-state index in [1.165, 1.54) is 0 Å². The molecule has 3 fully saturated rings. The van der Waals surface area contributed by atoms with Crippen molar-refractivity contribution in [3.05, 3.63) is 49.6 Å². The lowest BCUT2D eigenvalue weighted by atomic mass is 9.70. The number of unbranched alkanes of at least 4 members (excludes halogenated alkanes) is 1. The van der Waals surface area contributed by atoms with Crippen LogP contribution in [0.15, 0.2) is 49.6 Å². The summed E-state index contributed by atoms with van der Waals surface area (Å²) in [6.45, 7) is 22.0. The maximum absolute atomic E-state index is 15.0. The van der Waals surface area contributed by atoms with E-state index in [0.717, 1.165) is 12.2 Å². The van der Waals surface area contributed by atoms with Gasteiger partial charge in [0.25, 0.3) is 0 Å². The smallest absolute Gasteiger partial charge is 0.247 e. The number of carbonyl (C=O) groups excluding carboxylic acids is 3. The summed E-state index contributed by atoms with van der Waals surface area (Å²) in [5.41, 5.74) is 0.169. The molecule has 3 unspecified atom stereocenters. The quantitative estimate of drug-likeness (QED) is 0.135. The third-order valence-corrected chi connectivity index (χ3v) is 12.6. The molecule has 1 aromatic rings. The van der Waals surface area contributed by atoms with Gasteiger partial charge in [0.15, 0.2) is 0 Å². The number of nitrogens with zero attached hydrogens (tertiary/aromatic N) is 3. The predicted molar refractivity (Wildman–Crippen MR) is 190 cm³/mol. The summed E-state index contributed by atoms with van der Waals surface area (Å²) in [6.07, 6.45) is 5.93. The largest absolute Gasteiger partial charge is 0.494 e. The second-order valence-electron chi connectivity index (χ2n) is 14.6. The van der Waals surface area contributed by atoms with Crippen LogP contribution in [0.2, 0.25) is 0 Å². The molecule has 46 heavy (non-hydrogen) atoms. The van der Waals surface area contributed by atoms with Gasteiger partial charge in [-0.05, 0) is 76.1 Å². The van der Waals surface area contributed by atoms with Crippen molar-refractivity contribution in [2.75, 3.05) is 37.7 Å². The number of hydrogen-bond donors (Lipinski definition) is 1. The Morgan fingerprint density at radius 1 is 1.11 bits per heavy atom. The van der Waals surface area contributed by atoms with Crippen molar-refractivity contribution in [2.45, 2.75) is 93.6 Å². The van der Waals surface area contributed by atoms with E-state index >= 15 is 0 Å². The Morgan fingerprint density at radius 2 is 1.76 bits per heavy atom. The molecule has 3 aliphatic rings. The number of likely N-dealkylation sites (tertiary alicyclic amines) is 1. The molecular weight excluding hydrogens is 666 g/mol. The van der Waals surface area contributed by atoms with E-state index in [2.05, 4.69) is 63.7 Å². The van der Waals surface area contributed by atoms with Gasteiger partial charge in [-0.25, -0.2) is 0 Å². The standard InChI is InChI=1S/C36H52BrN3O5S/c1-9-18-38(24-14-16-25(17-15-24)45-11-3)31(42)27-28-32(43)39(20-12-13-21-41)30(36(28)22-26(37)29(27)46-36)33(44)40(19-10-2)35(7,8)23-34(4,5)6/h9-10,14-17,26-30,41H,1-2,11-13,18-23H2,3-8H3/t26?,27-,28+,29-,30?,36?/m1/s1. The lowest BCUT2D eigenvalue weighted by molar-refractivity contribution is -0.146. The molecular formula is C36H52BrN3O5S. The van der Waals surface area contributed by atoms with E-state index in [-0.39, 0.29) is 46.4 Å². The van der Waals surface area contributed by atoms with Gasteiger partial charge in [-0.2, -0.15) is 0 Å². The van der Waals surface area contributed by atoms with Crippen LogP contribution in [0.4, 0.5) is 5.69 Å². The minimum Gasteiger partial charge on any atom is -0.494 e. The topological polar surface area (TPSA) is 90.4 Å². The molecule has 1 N–H and O–H groups in total. The Hall–Kier alpha value is -2.30. The van der Waals surface area contributed by atoms with E-state index in [1.807, 2.05) is 36.1 Å². The van der Waals surface area contributed by atoms with Gasteiger partial charge in [-0.15, -0.1) is 24.9 Å². The van der Waals surface area contributed by atoms with Crippen LogP contribution in [0.1, 0.15) is 67.2 Å². The van der Waals surface area contributed by atoms with Crippen molar-refractivity contribution in [1.29, 1.82) is 0 Å². The molecule has 6 atom stereocenters. The fraction of sp³-hybridized carbons (Fsp3) is 0.639. The van der Waals surface area contributed by atoms with Crippen LogP contribution in [-0.2, 0) is 14.4 Å². The molecule has 1 spiro atoms.